The maximum absolute atomic E-state index is 12.2. The van der Waals surface area contributed by atoms with Gasteiger partial charge in [0.1, 0.15) is 0 Å². The van der Waals surface area contributed by atoms with Crippen molar-refractivity contribution < 1.29 is 25.2 Å². The highest BCUT2D eigenvalue weighted by Crippen LogP contribution is 2.43. The van der Waals surface area contributed by atoms with Gasteiger partial charge in [0.2, 0.25) is 0 Å². The molecule has 8 nitrogen and oxygen atoms in total. The predicted molar refractivity (Wildman–Crippen MR) is 112 cm³/mol. The fraction of sp³-hybridized carbons (Fsp3) is 0.952. The molecule has 6 unspecified atom stereocenters. The Morgan fingerprint density at radius 2 is 1.28 bits per heavy atom. The summed E-state index contributed by atoms with van der Waals surface area (Å²) in [6, 6.07) is 1.53. The SMILES string of the molecule is CCC(CO)(CO)CO.CCC1CN1CC(C(=O)O)(N1CC1CC)N1CC1CC. The standard InChI is InChI=1S/C15H27N3O2.C6H14O3/c1-4-11-7-16(11)10-15(14(19)20,17-8-12(17)5-2)18-9-13(18)6-3;1-2-6(3-7,4-8)5-9/h11-13H,4-10H2,1-3H3,(H,19,20);7-9H,2-5H2,1H3. The van der Waals surface area contributed by atoms with E-state index in [1.54, 1.807) is 0 Å². The molecule has 3 saturated heterocycles. The van der Waals surface area contributed by atoms with Gasteiger partial charge in [-0.15, -0.1) is 0 Å². The van der Waals surface area contributed by atoms with Gasteiger partial charge in [0, 0.05) is 49.7 Å². The highest BCUT2D eigenvalue weighted by molar-refractivity contribution is 5.80. The number of aliphatic carboxylic acids is 1. The number of rotatable bonds is 12. The van der Waals surface area contributed by atoms with Crippen LogP contribution in [0.1, 0.15) is 53.4 Å². The lowest BCUT2D eigenvalue weighted by Crippen LogP contribution is -2.59. The van der Waals surface area contributed by atoms with Crippen molar-refractivity contribution >= 4 is 5.97 Å². The van der Waals surface area contributed by atoms with Gasteiger partial charge in [-0.25, -0.2) is 4.79 Å². The summed E-state index contributed by atoms with van der Waals surface area (Å²) >= 11 is 0. The topological polar surface area (TPSA) is 107 Å². The Morgan fingerprint density at radius 1 is 0.828 bits per heavy atom. The molecule has 29 heavy (non-hydrogen) atoms. The Hall–Kier alpha value is -0.770. The van der Waals surface area contributed by atoms with Crippen LogP contribution in [0.2, 0.25) is 0 Å². The second-order valence-corrected chi connectivity index (χ2v) is 8.87. The molecule has 0 radical (unpaired) electrons. The quantitative estimate of drug-likeness (QED) is 0.340. The summed E-state index contributed by atoms with van der Waals surface area (Å²) in [4.78, 5) is 18.9. The molecule has 6 atom stereocenters. The van der Waals surface area contributed by atoms with Crippen LogP contribution in [-0.2, 0) is 4.79 Å². The van der Waals surface area contributed by atoms with E-state index in [0.717, 1.165) is 38.9 Å². The Labute approximate surface area is 175 Å². The van der Waals surface area contributed by atoms with E-state index >= 15 is 0 Å². The van der Waals surface area contributed by atoms with E-state index < -0.39 is 17.0 Å². The number of aliphatic hydroxyl groups is 3. The molecule has 0 spiro atoms. The van der Waals surface area contributed by atoms with Crippen molar-refractivity contribution in [3.63, 3.8) is 0 Å². The minimum atomic E-state index is -0.759. The lowest BCUT2D eigenvalue weighted by atomic mass is 9.88. The van der Waals surface area contributed by atoms with Gasteiger partial charge in [-0.2, -0.15) is 0 Å². The van der Waals surface area contributed by atoms with Crippen molar-refractivity contribution in [1.82, 2.24) is 14.7 Å². The molecule has 0 saturated carbocycles. The van der Waals surface area contributed by atoms with Crippen molar-refractivity contribution in [1.29, 1.82) is 0 Å². The second-order valence-electron chi connectivity index (χ2n) is 8.87. The van der Waals surface area contributed by atoms with E-state index in [-0.39, 0.29) is 19.8 Å². The van der Waals surface area contributed by atoms with Gasteiger partial charge in [0.25, 0.3) is 0 Å². The average molecular weight is 416 g/mol. The van der Waals surface area contributed by atoms with Crippen molar-refractivity contribution in [2.75, 3.05) is 46.0 Å². The summed E-state index contributed by atoms with van der Waals surface area (Å²) in [5.74, 6) is -0.647. The Bertz CT molecular complexity index is 507. The summed E-state index contributed by atoms with van der Waals surface area (Å²) in [5, 5.41) is 36.0. The van der Waals surface area contributed by atoms with Gasteiger partial charge >= 0.3 is 5.97 Å². The zero-order valence-electron chi connectivity index (χ0n) is 18.5. The summed E-state index contributed by atoms with van der Waals surface area (Å²) in [7, 11) is 0. The van der Waals surface area contributed by atoms with Crippen molar-refractivity contribution in [2.24, 2.45) is 5.41 Å². The molecule has 0 amide bonds. The maximum atomic E-state index is 12.2. The molecule has 0 aromatic heterocycles. The molecular formula is C21H41N3O5. The number of hydrogen-bond acceptors (Lipinski definition) is 7. The predicted octanol–water partition coefficient (Wildman–Crippen LogP) is 0.410. The first-order valence-electron chi connectivity index (χ1n) is 11.2. The van der Waals surface area contributed by atoms with E-state index in [1.165, 1.54) is 0 Å². The molecule has 3 rings (SSSR count). The number of carboxylic acids is 1. The minimum absolute atomic E-state index is 0.156. The molecule has 3 aliphatic rings. The fourth-order valence-electron chi connectivity index (χ4n) is 4.20. The molecule has 0 aliphatic carbocycles. The summed E-state index contributed by atoms with van der Waals surface area (Å²) in [5.41, 5.74) is -1.43. The number of carboxylic acid groups (broad SMARTS) is 1. The third-order valence-electron chi connectivity index (χ3n) is 7.14. The monoisotopic (exact) mass is 415 g/mol. The first-order valence-corrected chi connectivity index (χ1v) is 11.2. The lowest BCUT2D eigenvalue weighted by Gasteiger charge is -2.34. The van der Waals surface area contributed by atoms with E-state index in [1.807, 2.05) is 6.92 Å². The van der Waals surface area contributed by atoms with E-state index in [4.69, 9.17) is 15.3 Å². The van der Waals surface area contributed by atoms with Crippen LogP contribution in [0.5, 0.6) is 0 Å². The smallest absolute Gasteiger partial charge is 0.340 e. The molecule has 0 bridgehead atoms. The Kier molecular flexibility index (Phi) is 8.47. The molecule has 0 aromatic carbocycles. The van der Waals surface area contributed by atoms with Gasteiger partial charge in [0.05, 0.1) is 19.8 Å². The highest BCUT2D eigenvalue weighted by Gasteiger charge is 2.65. The van der Waals surface area contributed by atoms with Crippen LogP contribution < -0.4 is 0 Å². The van der Waals surface area contributed by atoms with Crippen LogP contribution in [0.25, 0.3) is 0 Å². The van der Waals surface area contributed by atoms with E-state index in [0.29, 0.717) is 31.1 Å². The number of aliphatic hydroxyl groups excluding tert-OH is 3. The number of hydrogen-bond donors (Lipinski definition) is 4. The summed E-state index contributed by atoms with van der Waals surface area (Å²) in [6.07, 6.45) is 3.83. The third-order valence-corrected chi connectivity index (χ3v) is 7.14. The Balaban J connectivity index is 0.000000284. The second kappa shape index (κ2) is 10.0. The fourth-order valence-corrected chi connectivity index (χ4v) is 4.20. The molecule has 4 N–H and O–H groups in total. The molecule has 0 aromatic rings. The van der Waals surface area contributed by atoms with Crippen LogP contribution in [0.15, 0.2) is 0 Å². The van der Waals surface area contributed by atoms with Crippen molar-refractivity contribution in [3.05, 3.63) is 0 Å². The van der Waals surface area contributed by atoms with Gasteiger partial charge in [0.15, 0.2) is 5.66 Å². The number of nitrogens with zero attached hydrogens (tertiary/aromatic N) is 3. The van der Waals surface area contributed by atoms with Gasteiger partial charge in [-0.05, 0) is 25.7 Å². The van der Waals surface area contributed by atoms with Gasteiger partial charge in [-0.1, -0.05) is 27.7 Å². The van der Waals surface area contributed by atoms with E-state index in [9.17, 15) is 9.90 Å². The van der Waals surface area contributed by atoms with Gasteiger partial charge < -0.3 is 20.4 Å². The maximum Gasteiger partial charge on any atom is 0.340 e. The normalized spacial score (nSPS) is 34.6. The van der Waals surface area contributed by atoms with Crippen LogP contribution in [0.3, 0.4) is 0 Å². The highest BCUT2D eigenvalue weighted by atomic mass is 16.4. The van der Waals surface area contributed by atoms with Crippen LogP contribution >= 0.6 is 0 Å². The molecule has 8 heteroatoms. The third kappa shape index (κ3) is 5.11. The van der Waals surface area contributed by atoms with Crippen LogP contribution in [0, 0.1) is 5.41 Å². The molecule has 170 valence electrons. The first kappa shape index (κ1) is 24.5. The van der Waals surface area contributed by atoms with Crippen LogP contribution in [0.4, 0.5) is 0 Å². The van der Waals surface area contributed by atoms with Crippen molar-refractivity contribution in [3.8, 4) is 0 Å². The molecule has 3 heterocycles. The average Bonchev–Trinajstić information content (AvgIpc) is 3.62. The van der Waals surface area contributed by atoms with Crippen LogP contribution in [-0.4, -0.2) is 111 Å². The summed E-state index contributed by atoms with van der Waals surface area (Å²) < 4.78 is 0. The molecule has 3 fully saturated rings. The largest absolute Gasteiger partial charge is 0.479 e. The minimum Gasteiger partial charge on any atom is -0.479 e. The lowest BCUT2D eigenvalue weighted by molar-refractivity contribution is -0.156. The zero-order chi connectivity index (χ0) is 21.8. The molecular weight excluding hydrogens is 374 g/mol. The van der Waals surface area contributed by atoms with E-state index in [2.05, 4.69) is 35.5 Å². The first-order chi connectivity index (χ1) is 13.8. The molecule has 3 aliphatic heterocycles. The Morgan fingerprint density at radius 3 is 1.48 bits per heavy atom. The number of carbonyl (C=O) groups is 1. The van der Waals surface area contributed by atoms with Crippen molar-refractivity contribution in [2.45, 2.75) is 77.2 Å². The van der Waals surface area contributed by atoms with Gasteiger partial charge in [-0.3, -0.25) is 14.7 Å². The zero-order valence-corrected chi connectivity index (χ0v) is 18.5. The summed E-state index contributed by atoms with van der Waals surface area (Å²) in [6.45, 7) is 11.5.